The lowest BCUT2D eigenvalue weighted by molar-refractivity contribution is 0.206. The molecule has 0 radical (unpaired) electrons. The van der Waals surface area contributed by atoms with Gasteiger partial charge < -0.3 is 9.84 Å². The van der Waals surface area contributed by atoms with E-state index in [1.54, 1.807) is 0 Å². The predicted octanol–water partition coefficient (Wildman–Crippen LogP) is 1.74. The first-order valence-electron chi connectivity index (χ1n) is 5.37. The highest BCUT2D eigenvalue weighted by molar-refractivity contribution is 4.87. The van der Waals surface area contributed by atoms with Crippen LogP contribution in [0.1, 0.15) is 38.4 Å². The van der Waals surface area contributed by atoms with Crippen LogP contribution in [-0.2, 0) is 6.54 Å². The van der Waals surface area contributed by atoms with Crippen molar-refractivity contribution < 1.29 is 4.52 Å². The molecule has 78 valence electrons. The van der Waals surface area contributed by atoms with Crippen molar-refractivity contribution in [2.75, 3.05) is 0 Å². The Morgan fingerprint density at radius 2 is 2.43 bits per heavy atom. The molecule has 1 heterocycles. The first kappa shape index (κ1) is 9.65. The second-order valence-electron chi connectivity index (χ2n) is 4.05. The Balaban J connectivity index is 1.61. The number of nitrogens with zero attached hydrogens (tertiary/aromatic N) is 2. The Morgan fingerprint density at radius 3 is 3.07 bits per heavy atom. The van der Waals surface area contributed by atoms with Gasteiger partial charge in [0.05, 0.1) is 6.54 Å². The van der Waals surface area contributed by atoms with E-state index in [9.17, 15) is 0 Å². The molecule has 1 saturated carbocycles. The Hall–Kier alpha value is -0.900. The fourth-order valence-corrected chi connectivity index (χ4v) is 2.05. The lowest BCUT2D eigenvalue weighted by atomic mass is 9.78. The molecule has 1 N–H and O–H groups in total. The van der Waals surface area contributed by atoms with Gasteiger partial charge in [0.25, 0.3) is 0 Å². The second kappa shape index (κ2) is 4.55. The average Bonchev–Trinajstić information content (AvgIpc) is 2.61. The van der Waals surface area contributed by atoms with E-state index in [-0.39, 0.29) is 0 Å². The molecule has 4 heteroatoms. The lowest BCUT2D eigenvalue weighted by Gasteiger charge is -2.35. The molecular formula is C10H17N3O. The summed E-state index contributed by atoms with van der Waals surface area (Å²) in [5.74, 6) is 1.70. The number of aromatic nitrogens is 2. The summed E-state index contributed by atoms with van der Waals surface area (Å²) in [5.41, 5.74) is 0. The molecule has 0 bridgehead atoms. The van der Waals surface area contributed by atoms with Crippen molar-refractivity contribution in [2.24, 2.45) is 5.92 Å². The van der Waals surface area contributed by atoms with Gasteiger partial charge in [0.1, 0.15) is 0 Å². The van der Waals surface area contributed by atoms with Crippen LogP contribution in [0.5, 0.6) is 0 Å². The minimum absolute atomic E-state index is 0.671. The van der Waals surface area contributed by atoms with Crippen LogP contribution in [0.15, 0.2) is 10.9 Å². The van der Waals surface area contributed by atoms with Crippen molar-refractivity contribution in [3.63, 3.8) is 0 Å². The Bertz CT molecular complexity index is 254. The molecule has 0 atom stereocenters. The number of hydrogen-bond acceptors (Lipinski definition) is 4. The molecule has 0 unspecified atom stereocenters. The predicted molar refractivity (Wildman–Crippen MR) is 52.6 cm³/mol. The molecule has 0 saturated heterocycles. The first-order valence-corrected chi connectivity index (χ1v) is 5.37. The fourth-order valence-electron chi connectivity index (χ4n) is 2.05. The summed E-state index contributed by atoms with van der Waals surface area (Å²) in [7, 11) is 0. The lowest BCUT2D eigenvalue weighted by Crippen LogP contribution is -2.40. The summed E-state index contributed by atoms with van der Waals surface area (Å²) in [6.07, 6.45) is 6.68. The van der Waals surface area contributed by atoms with Gasteiger partial charge in [0, 0.05) is 6.04 Å². The molecule has 0 aliphatic heterocycles. The van der Waals surface area contributed by atoms with Crippen LogP contribution in [-0.4, -0.2) is 16.2 Å². The molecule has 14 heavy (non-hydrogen) atoms. The molecule has 0 aromatic carbocycles. The molecule has 0 amide bonds. The molecule has 1 aromatic rings. The maximum Gasteiger partial charge on any atom is 0.213 e. The normalized spacial score (nSPS) is 26.1. The molecule has 2 rings (SSSR count). The van der Waals surface area contributed by atoms with Crippen LogP contribution in [0.4, 0.5) is 0 Å². The van der Waals surface area contributed by atoms with Crippen molar-refractivity contribution in [1.82, 2.24) is 15.5 Å². The highest BCUT2D eigenvalue weighted by Gasteiger charge is 2.27. The van der Waals surface area contributed by atoms with Crippen molar-refractivity contribution in [3.8, 4) is 0 Å². The molecular weight excluding hydrogens is 178 g/mol. The molecule has 1 fully saturated rings. The van der Waals surface area contributed by atoms with Gasteiger partial charge in [0.15, 0.2) is 5.82 Å². The Labute approximate surface area is 84.1 Å². The van der Waals surface area contributed by atoms with E-state index >= 15 is 0 Å². The largest absolute Gasteiger partial charge is 0.343 e. The van der Waals surface area contributed by atoms with Gasteiger partial charge in [0.2, 0.25) is 6.39 Å². The van der Waals surface area contributed by atoms with Crippen LogP contribution in [0.2, 0.25) is 0 Å². The van der Waals surface area contributed by atoms with Crippen LogP contribution < -0.4 is 5.32 Å². The summed E-state index contributed by atoms with van der Waals surface area (Å²) < 4.78 is 4.66. The first-order chi connectivity index (χ1) is 6.88. The van der Waals surface area contributed by atoms with E-state index in [1.807, 2.05) is 0 Å². The van der Waals surface area contributed by atoms with Crippen molar-refractivity contribution >= 4 is 0 Å². The van der Waals surface area contributed by atoms with Crippen molar-refractivity contribution in [2.45, 2.75) is 45.2 Å². The van der Waals surface area contributed by atoms with Crippen LogP contribution in [0, 0.1) is 5.92 Å². The van der Waals surface area contributed by atoms with E-state index < -0.39 is 0 Å². The van der Waals surface area contributed by atoms with E-state index in [2.05, 4.69) is 26.9 Å². The van der Waals surface area contributed by atoms with E-state index in [0.29, 0.717) is 6.04 Å². The third-order valence-corrected chi connectivity index (χ3v) is 2.89. The second-order valence-corrected chi connectivity index (χ2v) is 4.05. The molecule has 0 spiro atoms. The van der Waals surface area contributed by atoms with Crippen molar-refractivity contribution in [1.29, 1.82) is 0 Å². The molecule has 4 nitrogen and oxygen atoms in total. The van der Waals surface area contributed by atoms with E-state index in [0.717, 1.165) is 18.3 Å². The van der Waals surface area contributed by atoms with Gasteiger partial charge >= 0.3 is 0 Å². The molecule has 1 aliphatic rings. The molecule has 1 aromatic heterocycles. The minimum Gasteiger partial charge on any atom is -0.343 e. The van der Waals surface area contributed by atoms with Gasteiger partial charge in [-0.3, -0.25) is 0 Å². The van der Waals surface area contributed by atoms with Crippen LogP contribution >= 0.6 is 0 Å². The maximum atomic E-state index is 4.66. The van der Waals surface area contributed by atoms with E-state index in [4.69, 9.17) is 0 Å². The highest BCUT2D eigenvalue weighted by atomic mass is 16.5. The monoisotopic (exact) mass is 195 g/mol. The zero-order chi connectivity index (χ0) is 9.80. The smallest absolute Gasteiger partial charge is 0.213 e. The summed E-state index contributed by atoms with van der Waals surface area (Å²) >= 11 is 0. The molecule has 1 aliphatic carbocycles. The average molecular weight is 195 g/mol. The summed E-state index contributed by atoms with van der Waals surface area (Å²) in [5, 5.41) is 7.18. The minimum atomic E-state index is 0.671. The maximum absolute atomic E-state index is 4.66. The number of hydrogen-bond donors (Lipinski definition) is 1. The fraction of sp³-hybridized carbons (Fsp3) is 0.800. The van der Waals surface area contributed by atoms with Gasteiger partial charge in [-0.05, 0) is 18.8 Å². The van der Waals surface area contributed by atoms with Crippen LogP contribution in [0.3, 0.4) is 0 Å². The summed E-state index contributed by atoms with van der Waals surface area (Å²) in [6.45, 7) is 2.99. The summed E-state index contributed by atoms with van der Waals surface area (Å²) in [6, 6.07) is 0.671. The summed E-state index contributed by atoms with van der Waals surface area (Å²) in [4.78, 5) is 3.96. The Morgan fingerprint density at radius 1 is 1.57 bits per heavy atom. The topological polar surface area (TPSA) is 51.0 Å². The van der Waals surface area contributed by atoms with Gasteiger partial charge in [-0.1, -0.05) is 24.9 Å². The van der Waals surface area contributed by atoms with Gasteiger partial charge in [-0.25, -0.2) is 0 Å². The van der Waals surface area contributed by atoms with Crippen LogP contribution in [0.25, 0.3) is 0 Å². The van der Waals surface area contributed by atoms with Gasteiger partial charge in [-0.15, -0.1) is 0 Å². The van der Waals surface area contributed by atoms with Gasteiger partial charge in [-0.2, -0.15) is 4.98 Å². The third-order valence-electron chi connectivity index (χ3n) is 2.89. The standard InChI is InChI=1S/C10H17N3O/c1-2-3-8-4-9(5-8)11-6-10-12-7-14-13-10/h7-9,11H,2-6H2,1H3. The zero-order valence-electron chi connectivity index (χ0n) is 8.57. The quantitative estimate of drug-likeness (QED) is 0.777. The number of rotatable bonds is 5. The highest BCUT2D eigenvalue weighted by Crippen LogP contribution is 2.31. The van der Waals surface area contributed by atoms with Crippen molar-refractivity contribution in [3.05, 3.63) is 12.2 Å². The SMILES string of the molecule is CCCC1CC(NCc2ncon2)C1. The van der Waals surface area contributed by atoms with E-state index in [1.165, 1.54) is 32.1 Å². The number of nitrogens with one attached hydrogen (secondary N) is 1. The Kier molecular flexibility index (Phi) is 3.14. The third kappa shape index (κ3) is 2.32. The zero-order valence-corrected chi connectivity index (χ0v) is 8.57.